The summed E-state index contributed by atoms with van der Waals surface area (Å²) in [6, 6.07) is 9.17. The van der Waals surface area contributed by atoms with Gasteiger partial charge < -0.3 is 10.2 Å². The first kappa shape index (κ1) is 17.0. The van der Waals surface area contributed by atoms with Crippen molar-refractivity contribution in [3.05, 3.63) is 41.0 Å². The van der Waals surface area contributed by atoms with Gasteiger partial charge in [0, 0.05) is 23.7 Å². The molecule has 0 spiro atoms. The van der Waals surface area contributed by atoms with Crippen molar-refractivity contribution in [3.8, 4) is 11.3 Å². The van der Waals surface area contributed by atoms with Gasteiger partial charge in [0.2, 0.25) is 0 Å². The van der Waals surface area contributed by atoms with Crippen LogP contribution in [0.2, 0.25) is 5.02 Å². The van der Waals surface area contributed by atoms with Crippen molar-refractivity contribution in [1.29, 1.82) is 0 Å². The average Bonchev–Trinajstić information content (AvgIpc) is 2.94. The van der Waals surface area contributed by atoms with Gasteiger partial charge in [-0.1, -0.05) is 36.6 Å². The number of aromatic amines is 1. The Morgan fingerprint density at radius 2 is 1.88 bits per heavy atom. The molecule has 0 aliphatic carbocycles. The number of nitrogens with one attached hydrogen (secondary N) is 2. The summed E-state index contributed by atoms with van der Waals surface area (Å²) in [5.74, 6) is -0.113. The number of rotatable bonds is 5. The van der Waals surface area contributed by atoms with Gasteiger partial charge in [-0.2, -0.15) is 5.10 Å². The van der Waals surface area contributed by atoms with Crippen LogP contribution in [0.3, 0.4) is 0 Å². The molecule has 1 saturated heterocycles. The zero-order chi connectivity index (χ0) is 16.8. The first-order valence-electron chi connectivity index (χ1n) is 8.54. The molecule has 1 aromatic carbocycles. The van der Waals surface area contributed by atoms with E-state index in [2.05, 4.69) is 20.4 Å². The molecular formula is C18H23ClN4O. The number of nitrogens with zero attached hydrogens (tertiary/aromatic N) is 2. The van der Waals surface area contributed by atoms with E-state index in [0.29, 0.717) is 17.3 Å². The summed E-state index contributed by atoms with van der Waals surface area (Å²) in [4.78, 5) is 14.7. The van der Waals surface area contributed by atoms with Crippen LogP contribution >= 0.6 is 11.6 Å². The fourth-order valence-electron chi connectivity index (χ4n) is 2.99. The number of benzene rings is 1. The van der Waals surface area contributed by atoms with Gasteiger partial charge in [0.15, 0.2) is 0 Å². The summed E-state index contributed by atoms with van der Waals surface area (Å²) < 4.78 is 0. The molecule has 2 heterocycles. The molecule has 1 aliphatic heterocycles. The largest absolute Gasteiger partial charge is 0.349 e. The van der Waals surface area contributed by atoms with Crippen LogP contribution in [-0.2, 0) is 0 Å². The van der Waals surface area contributed by atoms with E-state index in [0.717, 1.165) is 30.9 Å². The molecule has 0 unspecified atom stereocenters. The van der Waals surface area contributed by atoms with Gasteiger partial charge in [-0.05, 0) is 44.1 Å². The number of hydrogen-bond acceptors (Lipinski definition) is 3. The van der Waals surface area contributed by atoms with Crippen LogP contribution in [-0.4, -0.2) is 47.2 Å². The predicted molar refractivity (Wildman–Crippen MR) is 96.3 cm³/mol. The summed E-state index contributed by atoms with van der Waals surface area (Å²) in [6.07, 6.45) is 5.17. The highest BCUT2D eigenvalue weighted by molar-refractivity contribution is 6.30. The van der Waals surface area contributed by atoms with Crippen LogP contribution in [0.5, 0.6) is 0 Å². The van der Waals surface area contributed by atoms with E-state index in [9.17, 15) is 4.79 Å². The van der Waals surface area contributed by atoms with E-state index < -0.39 is 0 Å². The Morgan fingerprint density at radius 3 is 2.58 bits per heavy atom. The van der Waals surface area contributed by atoms with Crippen LogP contribution in [0.4, 0.5) is 0 Å². The topological polar surface area (TPSA) is 61.0 Å². The lowest BCUT2D eigenvalue weighted by atomic mass is 10.1. The minimum atomic E-state index is -0.113. The van der Waals surface area contributed by atoms with Crippen LogP contribution in [0.25, 0.3) is 11.3 Å². The summed E-state index contributed by atoms with van der Waals surface area (Å²) in [6.45, 7) is 3.85. The van der Waals surface area contributed by atoms with Crippen molar-refractivity contribution in [2.75, 3.05) is 26.2 Å². The Bertz CT molecular complexity index is 660. The summed E-state index contributed by atoms with van der Waals surface area (Å²) in [5, 5.41) is 10.7. The fraction of sp³-hybridized carbons (Fsp3) is 0.444. The lowest BCUT2D eigenvalue weighted by Gasteiger charge is -2.19. The zero-order valence-corrected chi connectivity index (χ0v) is 14.5. The molecular weight excluding hydrogens is 324 g/mol. The highest BCUT2D eigenvalue weighted by Crippen LogP contribution is 2.20. The first-order valence-corrected chi connectivity index (χ1v) is 8.92. The number of aromatic nitrogens is 2. The molecule has 1 aromatic heterocycles. The highest BCUT2D eigenvalue weighted by Gasteiger charge is 2.12. The van der Waals surface area contributed by atoms with Crippen LogP contribution in [0.15, 0.2) is 30.3 Å². The molecule has 0 atom stereocenters. The number of amides is 1. The molecule has 2 N–H and O–H groups in total. The molecule has 1 aliphatic rings. The van der Waals surface area contributed by atoms with Crippen molar-refractivity contribution in [2.24, 2.45) is 0 Å². The van der Waals surface area contributed by atoms with E-state index in [1.54, 1.807) is 6.07 Å². The molecule has 0 saturated carbocycles. The molecule has 5 nitrogen and oxygen atoms in total. The second-order valence-electron chi connectivity index (χ2n) is 6.19. The maximum Gasteiger partial charge on any atom is 0.269 e. The standard InChI is InChI=1S/C18H23ClN4O/c19-15-7-5-14(6-8-15)16-13-17(22-21-16)18(24)20-9-12-23-10-3-1-2-4-11-23/h5-8,13H,1-4,9-12H2,(H,20,24)(H,21,22). The lowest BCUT2D eigenvalue weighted by Crippen LogP contribution is -2.35. The monoisotopic (exact) mass is 346 g/mol. The molecule has 24 heavy (non-hydrogen) atoms. The molecule has 2 aromatic rings. The lowest BCUT2D eigenvalue weighted by molar-refractivity contribution is 0.0943. The maximum atomic E-state index is 12.2. The third-order valence-electron chi connectivity index (χ3n) is 4.37. The van der Waals surface area contributed by atoms with E-state index in [-0.39, 0.29) is 5.91 Å². The highest BCUT2D eigenvalue weighted by atomic mass is 35.5. The Hall–Kier alpha value is -1.85. The normalized spacial score (nSPS) is 15.9. The van der Waals surface area contributed by atoms with E-state index in [4.69, 9.17) is 11.6 Å². The third-order valence-corrected chi connectivity index (χ3v) is 4.63. The molecule has 0 bridgehead atoms. The molecule has 1 fully saturated rings. The minimum Gasteiger partial charge on any atom is -0.349 e. The summed E-state index contributed by atoms with van der Waals surface area (Å²) >= 11 is 5.89. The summed E-state index contributed by atoms with van der Waals surface area (Å²) in [5.41, 5.74) is 2.15. The Kier molecular flexibility index (Phi) is 5.88. The molecule has 128 valence electrons. The smallest absolute Gasteiger partial charge is 0.269 e. The second-order valence-corrected chi connectivity index (χ2v) is 6.62. The zero-order valence-electron chi connectivity index (χ0n) is 13.7. The number of halogens is 1. The fourth-order valence-corrected chi connectivity index (χ4v) is 3.12. The number of likely N-dealkylation sites (tertiary alicyclic amines) is 1. The van der Waals surface area contributed by atoms with E-state index in [1.807, 2.05) is 24.3 Å². The Labute approximate surface area is 147 Å². The van der Waals surface area contributed by atoms with Gasteiger partial charge in [-0.3, -0.25) is 9.89 Å². The van der Waals surface area contributed by atoms with Crippen molar-refractivity contribution in [3.63, 3.8) is 0 Å². The quantitative estimate of drug-likeness (QED) is 0.872. The molecule has 0 radical (unpaired) electrons. The SMILES string of the molecule is O=C(NCCN1CCCCCC1)c1cc(-c2ccc(Cl)cc2)n[nH]1. The van der Waals surface area contributed by atoms with Crippen LogP contribution in [0, 0.1) is 0 Å². The number of H-pyrrole nitrogens is 1. The third kappa shape index (κ3) is 4.58. The molecule has 1 amide bonds. The van der Waals surface area contributed by atoms with Gasteiger partial charge in [0.25, 0.3) is 5.91 Å². The first-order chi connectivity index (χ1) is 11.7. The van der Waals surface area contributed by atoms with Gasteiger partial charge in [0.05, 0.1) is 5.69 Å². The Balaban J connectivity index is 1.51. The van der Waals surface area contributed by atoms with Gasteiger partial charge in [0.1, 0.15) is 5.69 Å². The number of carbonyl (C=O) groups is 1. The van der Waals surface area contributed by atoms with Crippen molar-refractivity contribution in [2.45, 2.75) is 25.7 Å². The van der Waals surface area contributed by atoms with E-state index >= 15 is 0 Å². The molecule has 6 heteroatoms. The minimum absolute atomic E-state index is 0.113. The molecule has 3 rings (SSSR count). The Morgan fingerprint density at radius 1 is 1.17 bits per heavy atom. The van der Waals surface area contributed by atoms with E-state index in [1.165, 1.54) is 25.7 Å². The van der Waals surface area contributed by atoms with Crippen molar-refractivity contribution < 1.29 is 4.79 Å². The maximum absolute atomic E-state index is 12.2. The average molecular weight is 347 g/mol. The van der Waals surface area contributed by atoms with Gasteiger partial charge in [-0.25, -0.2) is 0 Å². The van der Waals surface area contributed by atoms with Crippen LogP contribution < -0.4 is 5.32 Å². The predicted octanol–water partition coefficient (Wildman–Crippen LogP) is 3.34. The summed E-state index contributed by atoms with van der Waals surface area (Å²) in [7, 11) is 0. The number of hydrogen-bond donors (Lipinski definition) is 2. The van der Waals surface area contributed by atoms with Crippen molar-refractivity contribution in [1.82, 2.24) is 20.4 Å². The van der Waals surface area contributed by atoms with Gasteiger partial charge in [-0.15, -0.1) is 0 Å². The van der Waals surface area contributed by atoms with Gasteiger partial charge >= 0.3 is 0 Å². The van der Waals surface area contributed by atoms with Crippen molar-refractivity contribution >= 4 is 17.5 Å². The second kappa shape index (κ2) is 8.31. The number of carbonyl (C=O) groups excluding carboxylic acids is 1. The van der Waals surface area contributed by atoms with Crippen LogP contribution in [0.1, 0.15) is 36.2 Å².